The third-order valence-corrected chi connectivity index (χ3v) is 12.4. The van der Waals surface area contributed by atoms with E-state index in [0.717, 1.165) is 25.7 Å². The minimum Gasteiger partial charge on any atom is -0.394 e. The summed E-state index contributed by atoms with van der Waals surface area (Å²) in [5, 5.41) is 56.5. The van der Waals surface area contributed by atoms with Crippen LogP contribution in [0.5, 0.6) is 0 Å². The first-order valence-electron chi connectivity index (χ1n) is 26.2. The van der Waals surface area contributed by atoms with Gasteiger partial charge in [0.25, 0.3) is 0 Å². The Morgan fingerprint density at radius 2 is 1.13 bits per heavy atom. The van der Waals surface area contributed by atoms with Crippen molar-refractivity contribution in [2.45, 2.75) is 178 Å². The van der Waals surface area contributed by atoms with Crippen molar-refractivity contribution in [3.8, 4) is 0 Å². The van der Waals surface area contributed by atoms with Crippen LogP contribution in [0.15, 0.2) is 30.3 Å². The fourth-order valence-electron chi connectivity index (χ4n) is 8.08. The van der Waals surface area contributed by atoms with Gasteiger partial charge < -0.3 is 85.7 Å². The van der Waals surface area contributed by atoms with Gasteiger partial charge in [-0.3, -0.25) is 47.9 Å². The first-order valence-corrected chi connectivity index (χ1v) is 26.2. The fourth-order valence-corrected chi connectivity index (χ4v) is 8.08. The smallest absolute Gasteiger partial charge is 0.245 e. The van der Waals surface area contributed by atoms with Crippen molar-refractivity contribution in [1.82, 2.24) is 53.2 Å². The summed E-state index contributed by atoms with van der Waals surface area (Å²) in [4.78, 5) is 138. The standard InChI is InChI=1S/C50H85N13O13/c1-6-7-8-9-13-16-39(67)62-41(30(5)66)50(76)61-38(27-64)48(74)58-35-20-24-54-49(75)40(29(4)65)63-45(71)34(19-23-53)56-42(68)32(17-21-51)57-46(72)36(25-28(2)3)59-47(73)37(26-31-14-11-10-12-15-31)60-43(69)33(18-22-52)55-44(35)70/h10-12,14-15,28-30,32-38,40-41,64-66H,6-9,13,16-27,51-53H2,1-5H3,(H,54,75)(H,55,70)(H,56,68)(H,57,72)(H,58,74)(H,59,73)(H,60,69)(H,61,76)(H,62,67)(H,63,71)/t29-,30-,32+,33+,34+,35+,36+,37-,38-,40+,41+/m1/s1. The van der Waals surface area contributed by atoms with E-state index in [2.05, 4.69) is 53.2 Å². The van der Waals surface area contributed by atoms with E-state index in [4.69, 9.17) is 17.2 Å². The van der Waals surface area contributed by atoms with Gasteiger partial charge in [0, 0.05) is 19.4 Å². The molecule has 0 saturated carbocycles. The summed E-state index contributed by atoms with van der Waals surface area (Å²) in [5.74, 6) is -9.30. The highest BCUT2D eigenvalue weighted by Crippen LogP contribution is 2.11. The van der Waals surface area contributed by atoms with Gasteiger partial charge in [-0.2, -0.15) is 0 Å². The van der Waals surface area contributed by atoms with E-state index in [0.29, 0.717) is 12.0 Å². The van der Waals surface area contributed by atoms with E-state index in [-0.39, 0.29) is 64.1 Å². The number of unbranched alkanes of at least 4 members (excludes halogenated alkanes) is 4. The van der Waals surface area contributed by atoms with Crippen molar-refractivity contribution in [1.29, 1.82) is 0 Å². The average Bonchev–Trinajstić information content (AvgIpc) is 3.36. The molecular weight excluding hydrogens is 991 g/mol. The van der Waals surface area contributed by atoms with E-state index in [1.807, 2.05) is 6.92 Å². The van der Waals surface area contributed by atoms with Crippen LogP contribution in [-0.2, 0) is 54.4 Å². The van der Waals surface area contributed by atoms with Gasteiger partial charge in [-0.15, -0.1) is 0 Å². The highest BCUT2D eigenvalue weighted by molar-refractivity contribution is 5.99. The zero-order chi connectivity index (χ0) is 56.9. The summed E-state index contributed by atoms with van der Waals surface area (Å²) in [6, 6.07) is -5.06. The summed E-state index contributed by atoms with van der Waals surface area (Å²) in [5.41, 5.74) is 18.2. The number of hydrogen-bond acceptors (Lipinski definition) is 16. The Labute approximate surface area is 444 Å². The van der Waals surface area contributed by atoms with Crippen LogP contribution in [0.25, 0.3) is 0 Å². The number of carbonyl (C=O) groups excluding carboxylic acids is 10. The monoisotopic (exact) mass is 1080 g/mol. The maximum atomic E-state index is 14.3. The van der Waals surface area contributed by atoms with Crippen LogP contribution in [0.1, 0.15) is 111 Å². The minimum atomic E-state index is -1.79. The number of hydrogen-bond donors (Lipinski definition) is 16. The number of benzene rings is 1. The molecule has 0 radical (unpaired) electrons. The number of nitrogens with one attached hydrogen (secondary N) is 10. The molecule has 1 fully saturated rings. The highest BCUT2D eigenvalue weighted by atomic mass is 16.3. The Bertz CT molecular complexity index is 2050. The lowest BCUT2D eigenvalue weighted by molar-refractivity contribution is -0.137. The van der Waals surface area contributed by atoms with Crippen LogP contribution in [0.4, 0.5) is 0 Å². The number of rotatable bonds is 24. The molecule has 11 atom stereocenters. The zero-order valence-electron chi connectivity index (χ0n) is 44.5. The molecule has 0 aliphatic carbocycles. The van der Waals surface area contributed by atoms with Crippen LogP contribution in [-0.4, -0.2) is 174 Å². The highest BCUT2D eigenvalue weighted by Gasteiger charge is 2.37. The van der Waals surface area contributed by atoms with Crippen molar-refractivity contribution >= 4 is 59.1 Å². The van der Waals surface area contributed by atoms with Gasteiger partial charge in [-0.1, -0.05) is 76.8 Å². The van der Waals surface area contributed by atoms with Gasteiger partial charge in [0.1, 0.15) is 54.4 Å². The molecule has 1 aliphatic rings. The summed E-state index contributed by atoms with van der Waals surface area (Å²) in [6.07, 6.45) is 0.217. The Kier molecular flexibility index (Phi) is 30.4. The molecule has 0 unspecified atom stereocenters. The largest absolute Gasteiger partial charge is 0.394 e. The molecule has 1 heterocycles. The molecule has 26 heteroatoms. The lowest BCUT2D eigenvalue weighted by Gasteiger charge is -2.28. The summed E-state index contributed by atoms with van der Waals surface area (Å²) in [7, 11) is 0. The van der Waals surface area contributed by atoms with E-state index in [9.17, 15) is 63.3 Å². The van der Waals surface area contributed by atoms with Crippen molar-refractivity contribution in [3.05, 3.63) is 35.9 Å². The third-order valence-electron chi connectivity index (χ3n) is 12.4. The molecule has 428 valence electrons. The van der Waals surface area contributed by atoms with Crippen molar-refractivity contribution in [3.63, 3.8) is 0 Å². The predicted octanol–water partition coefficient (Wildman–Crippen LogP) is -4.68. The van der Waals surface area contributed by atoms with Gasteiger partial charge in [-0.25, -0.2) is 0 Å². The maximum absolute atomic E-state index is 14.3. The number of carbonyl (C=O) groups is 10. The number of nitrogens with two attached hydrogens (primary N) is 3. The summed E-state index contributed by atoms with van der Waals surface area (Å²) in [6.45, 7) is 6.12. The SMILES string of the molecule is CCCCCCCC(=O)N[C@H](C(=O)N[C@H](CO)C(=O)N[C@H]1CCNC(=O)[C@H]([C@@H](C)O)NC(=O)[C@H](CCN)NC(=O)[C@H](CCN)NC(=O)[C@H](CC(C)C)NC(=O)[C@@H](Cc2ccccc2)NC(=O)[C@H](CCN)NC1=O)[C@@H](C)O. The Morgan fingerprint density at radius 3 is 1.64 bits per heavy atom. The Hall–Kier alpha value is -6.32. The first kappa shape index (κ1) is 65.8. The van der Waals surface area contributed by atoms with E-state index >= 15 is 0 Å². The van der Waals surface area contributed by atoms with Gasteiger partial charge in [0.05, 0.1) is 18.8 Å². The van der Waals surface area contributed by atoms with Gasteiger partial charge in [-0.05, 0) is 83.5 Å². The average molecular weight is 1080 g/mol. The molecule has 1 aromatic rings. The Morgan fingerprint density at radius 1 is 0.632 bits per heavy atom. The topological polar surface area (TPSA) is 430 Å². The molecule has 0 spiro atoms. The molecule has 26 nitrogen and oxygen atoms in total. The van der Waals surface area contributed by atoms with Crippen molar-refractivity contribution in [2.24, 2.45) is 23.1 Å². The third kappa shape index (κ3) is 23.3. The predicted molar refractivity (Wildman–Crippen MR) is 279 cm³/mol. The zero-order valence-corrected chi connectivity index (χ0v) is 44.5. The molecule has 76 heavy (non-hydrogen) atoms. The summed E-state index contributed by atoms with van der Waals surface area (Å²) < 4.78 is 0. The molecular formula is C50H85N13O13. The summed E-state index contributed by atoms with van der Waals surface area (Å²) >= 11 is 0. The van der Waals surface area contributed by atoms with E-state index < -0.39 is 145 Å². The maximum Gasteiger partial charge on any atom is 0.245 e. The molecule has 2 rings (SSSR count). The number of aliphatic hydroxyl groups excluding tert-OH is 3. The molecule has 0 aromatic heterocycles. The van der Waals surface area contributed by atoms with Crippen LogP contribution in [0, 0.1) is 5.92 Å². The lowest BCUT2D eigenvalue weighted by Crippen LogP contribution is -2.61. The van der Waals surface area contributed by atoms with E-state index in [1.165, 1.54) is 13.8 Å². The van der Waals surface area contributed by atoms with Crippen LogP contribution >= 0.6 is 0 Å². The fraction of sp³-hybridized carbons (Fsp3) is 0.680. The van der Waals surface area contributed by atoms with Gasteiger partial charge in [0.2, 0.25) is 59.1 Å². The second-order valence-electron chi connectivity index (χ2n) is 19.4. The molecule has 1 saturated heterocycles. The van der Waals surface area contributed by atoms with Crippen molar-refractivity contribution in [2.75, 3.05) is 32.8 Å². The van der Waals surface area contributed by atoms with Gasteiger partial charge in [0.15, 0.2) is 0 Å². The lowest BCUT2D eigenvalue weighted by atomic mass is 10.00. The number of amides is 10. The van der Waals surface area contributed by atoms with Crippen LogP contribution in [0.3, 0.4) is 0 Å². The minimum absolute atomic E-state index is 0.0539. The normalized spacial score (nSPS) is 23.4. The first-order chi connectivity index (χ1) is 36.1. The second-order valence-corrected chi connectivity index (χ2v) is 19.4. The van der Waals surface area contributed by atoms with Crippen LogP contribution < -0.4 is 70.4 Å². The molecule has 1 aliphatic heterocycles. The molecule has 10 amide bonds. The molecule has 0 bridgehead atoms. The van der Waals surface area contributed by atoms with E-state index in [1.54, 1.807) is 44.2 Å². The quantitative estimate of drug-likeness (QED) is 0.0433. The van der Waals surface area contributed by atoms with Gasteiger partial charge >= 0.3 is 0 Å². The second kappa shape index (κ2) is 35.1. The van der Waals surface area contributed by atoms with Crippen molar-refractivity contribution < 1.29 is 63.3 Å². The Balaban J connectivity index is 2.67. The molecule has 19 N–H and O–H groups in total. The molecule has 1 aromatic carbocycles. The van der Waals surface area contributed by atoms with Crippen LogP contribution in [0.2, 0.25) is 0 Å². The number of aliphatic hydroxyl groups is 3.